The van der Waals surface area contributed by atoms with Gasteiger partial charge in [0.2, 0.25) is 11.8 Å². The topological polar surface area (TPSA) is 84.4 Å². The van der Waals surface area contributed by atoms with E-state index in [1.807, 2.05) is 19.1 Å². The van der Waals surface area contributed by atoms with E-state index in [0.717, 1.165) is 34.8 Å². The van der Waals surface area contributed by atoms with E-state index in [2.05, 4.69) is 15.3 Å². The molecule has 0 aliphatic carbocycles. The lowest BCUT2D eigenvalue weighted by atomic mass is 9.96. The van der Waals surface area contributed by atoms with Crippen LogP contribution in [0.4, 0.5) is 5.69 Å². The van der Waals surface area contributed by atoms with Gasteiger partial charge in [0.1, 0.15) is 11.6 Å². The maximum atomic E-state index is 12.8. The van der Waals surface area contributed by atoms with Crippen molar-refractivity contribution in [3.05, 3.63) is 47.0 Å². The van der Waals surface area contributed by atoms with Crippen LogP contribution in [0.25, 0.3) is 0 Å². The van der Waals surface area contributed by atoms with Gasteiger partial charge in [0, 0.05) is 42.9 Å². The number of nitrogens with one attached hydrogen (secondary N) is 1. The Hall–Kier alpha value is -2.96. The number of methoxy groups -OCH3 is 1. The highest BCUT2D eigenvalue weighted by molar-refractivity contribution is 6.05. The van der Waals surface area contributed by atoms with Crippen molar-refractivity contribution >= 4 is 17.5 Å². The van der Waals surface area contributed by atoms with Crippen LogP contribution in [-0.4, -0.2) is 33.8 Å². The van der Waals surface area contributed by atoms with Crippen molar-refractivity contribution < 1.29 is 14.3 Å². The molecule has 0 fully saturated rings. The molecular formula is C19H20N4O3. The summed E-state index contributed by atoms with van der Waals surface area (Å²) in [6, 6.07) is 5.44. The Bertz CT molecular complexity index is 896. The molecule has 1 N–H and O–H groups in total. The fraction of sp³-hybridized carbons (Fsp3) is 0.368. The van der Waals surface area contributed by atoms with Gasteiger partial charge in [0.15, 0.2) is 0 Å². The van der Waals surface area contributed by atoms with Crippen LogP contribution in [0.2, 0.25) is 0 Å². The summed E-state index contributed by atoms with van der Waals surface area (Å²) in [5.74, 6) is 0.799. The first-order chi connectivity index (χ1) is 12.6. The van der Waals surface area contributed by atoms with Crippen molar-refractivity contribution in [2.24, 2.45) is 0 Å². The molecule has 3 heterocycles. The number of carbonyl (C=O) groups excluding carboxylic acids is 2. The minimum atomic E-state index is -0.468. The largest absolute Gasteiger partial charge is 0.497 e. The van der Waals surface area contributed by atoms with Crippen molar-refractivity contribution in [2.45, 2.75) is 38.8 Å². The zero-order valence-corrected chi connectivity index (χ0v) is 14.8. The maximum absolute atomic E-state index is 12.8. The second-order valence-electron chi connectivity index (χ2n) is 6.56. The molecule has 26 heavy (non-hydrogen) atoms. The average Bonchev–Trinajstić information content (AvgIpc) is 3.21. The number of aromatic nitrogens is 2. The molecule has 2 aliphatic heterocycles. The van der Waals surface area contributed by atoms with E-state index < -0.39 is 5.92 Å². The molecule has 134 valence electrons. The van der Waals surface area contributed by atoms with Gasteiger partial charge in [-0.25, -0.2) is 9.97 Å². The Morgan fingerprint density at radius 2 is 2.23 bits per heavy atom. The highest BCUT2D eigenvalue weighted by Gasteiger charge is 2.35. The van der Waals surface area contributed by atoms with Crippen molar-refractivity contribution in [1.82, 2.24) is 14.9 Å². The van der Waals surface area contributed by atoms with E-state index in [0.29, 0.717) is 18.8 Å². The molecule has 2 aliphatic rings. The zero-order valence-electron chi connectivity index (χ0n) is 14.8. The van der Waals surface area contributed by atoms with E-state index in [1.165, 1.54) is 0 Å². The summed E-state index contributed by atoms with van der Waals surface area (Å²) in [6.07, 6.45) is 2.72. The molecule has 0 saturated carbocycles. The quantitative estimate of drug-likeness (QED) is 0.910. The number of amides is 2. The van der Waals surface area contributed by atoms with Crippen LogP contribution < -0.4 is 10.1 Å². The number of benzene rings is 1. The molecule has 1 unspecified atom stereocenters. The van der Waals surface area contributed by atoms with Gasteiger partial charge in [-0.1, -0.05) is 13.0 Å². The van der Waals surface area contributed by atoms with Gasteiger partial charge in [-0.3, -0.25) is 9.59 Å². The van der Waals surface area contributed by atoms with Gasteiger partial charge in [-0.05, 0) is 11.6 Å². The summed E-state index contributed by atoms with van der Waals surface area (Å²) in [5, 5.41) is 2.84. The van der Waals surface area contributed by atoms with Crippen LogP contribution in [-0.2, 0) is 29.1 Å². The van der Waals surface area contributed by atoms with Crippen molar-refractivity contribution in [3.63, 3.8) is 0 Å². The van der Waals surface area contributed by atoms with E-state index >= 15 is 0 Å². The fourth-order valence-corrected chi connectivity index (χ4v) is 3.48. The fourth-order valence-electron chi connectivity index (χ4n) is 3.48. The summed E-state index contributed by atoms with van der Waals surface area (Å²) < 4.78 is 5.19. The molecule has 1 atom stereocenters. The van der Waals surface area contributed by atoms with Gasteiger partial charge in [0.05, 0.1) is 25.3 Å². The van der Waals surface area contributed by atoms with E-state index in [9.17, 15) is 9.59 Å². The molecule has 0 spiro atoms. The summed E-state index contributed by atoms with van der Waals surface area (Å²) in [5.41, 5.74) is 3.45. The molecular weight excluding hydrogens is 332 g/mol. The summed E-state index contributed by atoms with van der Waals surface area (Å²) in [6.45, 7) is 2.99. The van der Waals surface area contributed by atoms with Crippen molar-refractivity contribution in [3.8, 4) is 5.75 Å². The first kappa shape index (κ1) is 16.5. The van der Waals surface area contributed by atoms with E-state index in [1.54, 1.807) is 24.3 Å². The lowest BCUT2D eigenvalue weighted by Gasteiger charge is -2.17. The summed E-state index contributed by atoms with van der Waals surface area (Å²) in [7, 11) is 1.58. The molecule has 0 radical (unpaired) electrons. The third-order valence-electron chi connectivity index (χ3n) is 4.96. The predicted molar refractivity (Wildman–Crippen MR) is 94.6 cm³/mol. The monoisotopic (exact) mass is 352 g/mol. The number of rotatable bonds is 4. The molecule has 7 nitrogen and oxygen atoms in total. The molecule has 1 aromatic carbocycles. The number of ether oxygens (including phenoxy) is 1. The Balaban J connectivity index is 1.49. The standard InChI is InChI=1S/C19H20N4O3/c1-3-17-20-8-11-9-23(10-16(11)21-17)18(24)7-14-13-5-4-12(26-2)6-15(13)22-19(14)25/h4-6,8,14H,3,7,9-10H2,1-2H3,(H,22,25). The number of nitrogens with zero attached hydrogens (tertiary/aromatic N) is 3. The molecule has 4 rings (SSSR count). The minimum Gasteiger partial charge on any atom is -0.497 e. The Morgan fingerprint density at radius 3 is 3.00 bits per heavy atom. The lowest BCUT2D eigenvalue weighted by molar-refractivity contribution is -0.134. The number of hydrogen-bond donors (Lipinski definition) is 1. The Labute approximate surface area is 151 Å². The number of carbonyl (C=O) groups is 2. The normalized spacial score (nSPS) is 17.7. The van der Waals surface area contributed by atoms with Crippen molar-refractivity contribution in [1.29, 1.82) is 0 Å². The first-order valence-corrected chi connectivity index (χ1v) is 8.69. The highest BCUT2D eigenvalue weighted by atomic mass is 16.5. The van der Waals surface area contributed by atoms with Gasteiger partial charge in [-0.2, -0.15) is 0 Å². The number of fused-ring (bicyclic) bond motifs is 2. The molecule has 7 heteroatoms. The van der Waals surface area contributed by atoms with Crippen LogP contribution in [0.15, 0.2) is 24.4 Å². The molecule has 0 bridgehead atoms. The number of anilines is 1. The summed E-state index contributed by atoms with van der Waals surface area (Å²) in [4.78, 5) is 35.7. The highest BCUT2D eigenvalue weighted by Crippen LogP contribution is 2.37. The van der Waals surface area contributed by atoms with E-state index in [4.69, 9.17) is 4.74 Å². The van der Waals surface area contributed by atoms with Crippen LogP contribution in [0.5, 0.6) is 5.75 Å². The third kappa shape index (κ3) is 2.79. The molecule has 2 amide bonds. The predicted octanol–water partition coefficient (Wildman–Crippen LogP) is 2.02. The second-order valence-corrected chi connectivity index (χ2v) is 6.56. The van der Waals surface area contributed by atoms with E-state index in [-0.39, 0.29) is 18.2 Å². The minimum absolute atomic E-state index is 0.0510. The molecule has 0 saturated heterocycles. The van der Waals surface area contributed by atoms with Gasteiger partial charge in [-0.15, -0.1) is 0 Å². The second kappa shape index (κ2) is 6.40. The van der Waals surface area contributed by atoms with Crippen LogP contribution in [0.3, 0.4) is 0 Å². The SMILES string of the molecule is CCc1ncc2c(n1)CN(C(=O)CC1C(=O)Nc3cc(OC)ccc31)C2. The molecule has 2 aromatic rings. The first-order valence-electron chi connectivity index (χ1n) is 8.69. The lowest BCUT2D eigenvalue weighted by Crippen LogP contribution is -2.28. The number of aryl methyl sites for hydroxylation is 1. The van der Waals surface area contributed by atoms with Crippen LogP contribution in [0, 0.1) is 0 Å². The van der Waals surface area contributed by atoms with Gasteiger partial charge in [0.25, 0.3) is 0 Å². The average molecular weight is 352 g/mol. The Morgan fingerprint density at radius 1 is 1.38 bits per heavy atom. The van der Waals surface area contributed by atoms with Crippen LogP contribution in [0.1, 0.15) is 41.9 Å². The Kier molecular flexibility index (Phi) is 4.06. The van der Waals surface area contributed by atoms with Gasteiger partial charge >= 0.3 is 0 Å². The third-order valence-corrected chi connectivity index (χ3v) is 4.96. The smallest absolute Gasteiger partial charge is 0.232 e. The summed E-state index contributed by atoms with van der Waals surface area (Å²) >= 11 is 0. The zero-order chi connectivity index (χ0) is 18.3. The van der Waals surface area contributed by atoms with Crippen molar-refractivity contribution in [2.75, 3.05) is 12.4 Å². The van der Waals surface area contributed by atoms with Crippen LogP contribution >= 0.6 is 0 Å². The number of hydrogen-bond acceptors (Lipinski definition) is 5. The molecule has 1 aromatic heterocycles. The maximum Gasteiger partial charge on any atom is 0.232 e. The van der Waals surface area contributed by atoms with Gasteiger partial charge < -0.3 is 15.0 Å².